The molecule has 1 heterocycles. The number of halogens is 3. The molecule has 0 fully saturated rings. The summed E-state index contributed by atoms with van der Waals surface area (Å²) in [5.74, 6) is -1.31. The molecule has 31 heavy (non-hydrogen) atoms. The van der Waals surface area contributed by atoms with E-state index in [0.29, 0.717) is 11.9 Å². The first-order valence-electron chi connectivity index (χ1n) is 9.47. The summed E-state index contributed by atoms with van der Waals surface area (Å²) < 4.78 is 44.1. The van der Waals surface area contributed by atoms with E-state index in [0.717, 1.165) is 27.8 Å². The first-order chi connectivity index (χ1) is 14.7. The topological polar surface area (TPSA) is 51.5 Å². The largest absolute Gasteiger partial charge is 0.573 e. The molecule has 0 bridgehead atoms. The lowest BCUT2D eigenvalue weighted by Gasteiger charge is -2.09. The summed E-state index contributed by atoms with van der Waals surface area (Å²) in [6.45, 7) is 0. The molecule has 0 aliphatic heterocycles. The van der Waals surface area contributed by atoms with Gasteiger partial charge in [-0.05, 0) is 41.0 Å². The lowest BCUT2D eigenvalue weighted by atomic mass is 9.97. The zero-order chi connectivity index (χ0) is 22.2. The molecule has 3 aromatic carbocycles. The van der Waals surface area contributed by atoms with Crippen molar-refractivity contribution in [3.05, 3.63) is 89.5 Å². The maximum absolute atomic E-state index is 12.7. The van der Waals surface area contributed by atoms with Crippen molar-refractivity contribution >= 4 is 16.9 Å². The Morgan fingerprint density at radius 1 is 1.00 bits per heavy atom. The van der Waals surface area contributed by atoms with Crippen molar-refractivity contribution in [2.75, 3.05) is 0 Å². The number of benzene rings is 3. The van der Waals surface area contributed by atoms with Crippen molar-refractivity contribution in [2.45, 2.75) is 12.8 Å². The number of nitrogens with zero attached hydrogens (tertiary/aromatic N) is 1. The smallest absolute Gasteiger partial charge is 0.478 e. The van der Waals surface area contributed by atoms with Gasteiger partial charge in [0, 0.05) is 24.9 Å². The van der Waals surface area contributed by atoms with E-state index in [9.17, 15) is 23.1 Å². The van der Waals surface area contributed by atoms with Crippen molar-refractivity contribution < 1.29 is 27.8 Å². The molecule has 0 unspecified atom stereocenters. The van der Waals surface area contributed by atoms with Gasteiger partial charge in [-0.2, -0.15) is 0 Å². The Bertz CT molecular complexity index is 1260. The van der Waals surface area contributed by atoms with E-state index in [1.807, 2.05) is 41.0 Å². The Labute approximate surface area is 176 Å². The maximum atomic E-state index is 12.7. The normalized spacial score (nSPS) is 11.6. The minimum atomic E-state index is -4.78. The van der Waals surface area contributed by atoms with E-state index in [2.05, 4.69) is 4.74 Å². The zero-order valence-electron chi connectivity index (χ0n) is 16.5. The number of hydrogen-bond acceptors (Lipinski definition) is 2. The van der Waals surface area contributed by atoms with Gasteiger partial charge in [-0.25, -0.2) is 4.79 Å². The molecule has 4 rings (SSSR count). The number of hydrogen-bond donors (Lipinski definition) is 1. The second-order valence-electron chi connectivity index (χ2n) is 7.16. The number of rotatable bonds is 5. The van der Waals surface area contributed by atoms with Gasteiger partial charge in [0.25, 0.3) is 0 Å². The Morgan fingerprint density at radius 3 is 2.42 bits per heavy atom. The van der Waals surface area contributed by atoms with Crippen LogP contribution < -0.4 is 4.74 Å². The highest BCUT2D eigenvalue weighted by Gasteiger charge is 2.31. The van der Waals surface area contributed by atoms with Crippen molar-refractivity contribution in [3.8, 4) is 17.0 Å². The Balaban J connectivity index is 1.89. The molecule has 0 aliphatic rings. The van der Waals surface area contributed by atoms with Crippen LogP contribution in [0.5, 0.6) is 5.75 Å². The third-order valence-electron chi connectivity index (χ3n) is 5.11. The van der Waals surface area contributed by atoms with E-state index in [-0.39, 0.29) is 11.3 Å². The number of alkyl halides is 3. The Kier molecular flexibility index (Phi) is 5.19. The van der Waals surface area contributed by atoms with Crippen molar-refractivity contribution in [1.82, 2.24) is 4.57 Å². The first kappa shape index (κ1) is 20.5. The van der Waals surface area contributed by atoms with Crippen LogP contribution in [0.3, 0.4) is 0 Å². The standard InChI is InChI=1S/C24H18F3NO3/c1-28-21-14-18(31-24(25,26)27)10-11-19(21)20(22(28)16-7-3-2-4-8-16)13-15-6-5-9-17(12-15)23(29)30/h2-12,14H,13H2,1H3,(H,29,30). The van der Waals surface area contributed by atoms with Crippen LogP contribution in [0.4, 0.5) is 13.2 Å². The van der Waals surface area contributed by atoms with E-state index in [1.54, 1.807) is 25.2 Å². The molecule has 0 aliphatic carbocycles. The van der Waals surface area contributed by atoms with Crippen LogP contribution in [0.25, 0.3) is 22.2 Å². The number of aromatic nitrogens is 1. The molecular weight excluding hydrogens is 407 g/mol. The highest BCUT2D eigenvalue weighted by atomic mass is 19.4. The van der Waals surface area contributed by atoms with Gasteiger partial charge in [0.1, 0.15) is 5.75 Å². The second kappa shape index (κ2) is 7.83. The molecule has 4 nitrogen and oxygen atoms in total. The van der Waals surface area contributed by atoms with Crippen LogP contribution in [-0.2, 0) is 13.5 Å². The van der Waals surface area contributed by atoms with E-state index in [4.69, 9.17) is 0 Å². The predicted molar refractivity (Wildman–Crippen MR) is 111 cm³/mol. The monoisotopic (exact) mass is 425 g/mol. The van der Waals surface area contributed by atoms with E-state index >= 15 is 0 Å². The minimum Gasteiger partial charge on any atom is -0.478 e. The van der Waals surface area contributed by atoms with Crippen molar-refractivity contribution in [1.29, 1.82) is 0 Å². The highest BCUT2D eigenvalue weighted by molar-refractivity contribution is 5.93. The number of ether oxygens (including phenoxy) is 1. The second-order valence-corrected chi connectivity index (χ2v) is 7.16. The van der Waals surface area contributed by atoms with Gasteiger partial charge < -0.3 is 14.4 Å². The quantitative estimate of drug-likeness (QED) is 0.425. The summed E-state index contributed by atoms with van der Waals surface area (Å²) in [5, 5.41) is 10.1. The van der Waals surface area contributed by atoms with Gasteiger partial charge in [-0.15, -0.1) is 13.2 Å². The zero-order valence-corrected chi connectivity index (χ0v) is 16.5. The number of carboxylic acid groups (broad SMARTS) is 1. The molecule has 4 aromatic rings. The molecule has 0 atom stereocenters. The fourth-order valence-corrected chi connectivity index (χ4v) is 3.85. The fourth-order valence-electron chi connectivity index (χ4n) is 3.85. The van der Waals surface area contributed by atoms with E-state index < -0.39 is 12.3 Å². The van der Waals surface area contributed by atoms with Gasteiger partial charge in [0.05, 0.1) is 16.8 Å². The maximum Gasteiger partial charge on any atom is 0.573 e. The van der Waals surface area contributed by atoms with Gasteiger partial charge in [-0.1, -0.05) is 42.5 Å². The van der Waals surface area contributed by atoms with Crippen LogP contribution in [-0.4, -0.2) is 22.0 Å². The summed E-state index contributed by atoms with van der Waals surface area (Å²) in [7, 11) is 1.79. The van der Waals surface area contributed by atoms with Crippen LogP contribution in [0.1, 0.15) is 21.5 Å². The SMILES string of the molecule is Cn1c(-c2ccccc2)c(Cc2cccc(C(=O)O)c2)c2ccc(OC(F)(F)F)cc21. The third kappa shape index (κ3) is 4.26. The predicted octanol–water partition coefficient (Wildman–Crippen LogP) is 6.03. The summed E-state index contributed by atoms with van der Waals surface area (Å²) in [4.78, 5) is 11.4. The molecule has 0 spiro atoms. The average molecular weight is 425 g/mol. The van der Waals surface area contributed by atoms with Crippen LogP contribution >= 0.6 is 0 Å². The number of aryl methyl sites for hydroxylation is 1. The fraction of sp³-hybridized carbons (Fsp3) is 0.125. The molecular formula is C24H18F3NO3. The summed E-state index contributed by atoms with van der Waals surface area (Å²) in [6, 6.07) is 20.4. The first-order valence-corrected chi connectivity index (χ1v) is 9.47. The lowest BCUT2D eigenvalue weighted by molar-refractivity contribution is -0.274. The summed E-state index contributed by atoms with van der Waals surface area (Å²) >= 11 is 0. The molecule has 158 valence electrons. The van der Waals surface area contributed by atoms with Gasteiger partial charge in [0.15, 0.2) is 0 Å². The summed E-state index contributed by atoms with van der Waals surface area (Å²) in [6.07, 6.45) is -4.36. The number of aromatic carboxylic acids is 1. The highest BCUT2D eigenvalue weighted by Crippen LogP contribution is 2.37. The van der Waals surface area contributed by atoms with Crippen LogP contribution in [0.15, 0.2) is 72.8 Å². The van der Waals surface area contributed by atoms with Crippen molar-refractivity contribution in [2.24, 2.45) is 7.05 Å². The number of carboxylic acids is 1. The summed E-state index contributed by atoms with van der Waals surface area (Å²) in [5.41, 5.74) is 4.21. The Hall–Kier alpha value is -3.74. The molecule has 0 saturated heterocycles. The van der Waals surface area contributed by atoms with Crippen LogP contribution in [0.2, 0.25) is 0 Å². The molecule has 0 saturated carbocycles. The van der Waals surface area contributed by atoms with E-state index in [1.165, 1.54) is 18.2 Å². The lowest BCUT2D eigenvalue weighted by Crippen LogP contribution is -2.17. The number of carbonyl (C=O) groups is 1. The van der Waals surface area contributed by atoms with Gasteiger partial charge in [-0.3, -0.25) is 0 Å². The third-order valence-corrected chi connectivity index (χ3v) is 5.11. The molecule has 1 N–H and O–H groups in total. The van der Waals surface area contributed by atoms with Gasteiger partial charge >= 0.3 is 12.3 Å². The van der Waals surface area contributed by atoms with Crippen molar-refractivity contribution in [3.63, 3.8) is 0 Å². The van der Waals surface area contributed by atoms with Crippen LogP contribution in [0, 0.1) is 0 Å². The molecule has 0 radical (unpaired) electrons. The van der Waals surface area contributed by atoms with Gasteiger partial charge in [0.2, 0.25) is 0 Å². The average Bonchev–Trinajstić information content (AvgIpc) is 2.99. The molecule has 7 heteroatoms. The minimum absolute atomic E-state index is 0.180. The Morgan fingerprint density at radius 2 is 1.74 bits per heavy atom. The number of fused-ring (bicyclic) bond motifs is 1. The molecule has 0 amide bonds. The molecule has 1 aromatic heterocycles.